The van der Waals surface area contributed by atoms with Crippen LogP contribution in [0.25, 0.3) is 0 Å². The molecule has 3 N–H and O–H groups in total. The van der Waals surface area contributed by atoms with Gasteiger partial charge in [0, 0.05) is 4.47 Å². The van der Waals surface area contributed by atoms with Crippen molar-refractivity contribution in [1.82, 2.24) is 0 Å². The van der Waals surface area contributed by atoms with Crippen LogP contribution < -0.4 is 5.73 Å². The van der Waals surface area contributed by atoms with Gasteiger partial charge in [0.15, 0.2) is 0 Å². The van der Waals surface area contributed by atoms with Crippen LogP contribution in [0.2, 0.25) is 0 Å². The topological polar surface area (TPSA) is 63.3 Å². The van der Waals surface area contributed by atoms with Crippen LogP contribution in [-0.2, 0) is 4.79 Å². The summed E-state index contributed by atoms with van der Waals surface area (Å²) < 4.78 is 13.8. The van der Waals surface area contributed by atoms with E-state index in [9.17, 15) is 14.3 Å². The second kappa shape index (κ2) is 7.48. The third-order valence-electron chi connectivity index (χ3n) is 3.15. The van der Waals surface area contributed by atoms with Gasteiger partial charge >= 0.3 is 5.97 Å². The molecular formula is C14H19BrFNO2. The molecule has 19 heavy (non-hydrogen) atoms. The fraction of sp³-hybridized carbons (Fsp3) is 0.500. The van der Waals surface area contributed by atoms with Crippen molar-refractivity contribution in [3.05, 3.63) is 28.0 Å². The molecule has 1 aromatic carbocycles. The molecule has 1 rings (SSSR count). The average Bonchev–Trinajstić information content (AvgIpc) is 2.34. The normalized spacial score (nSPS) is 12.4. The van der Waals surface area contributed by atoms with E-state index in [4.69, 9.17) is 5.73 Å². The van der Waals surface area contributed by atoms with E-state index in [0.717, 1.165) is 25.7 Å². The van der Waals surface area contributed by atoms with Crippen molar-refractivity contribution >= 4 is 27.6 Å². The Bertz CT molecular complexity index is 451. The van der Waals surface area contributed by atoms with Crippen LogP contribution in [0, 0.1) is 5.82 Å². The maximum Gasteiger partial charge on any atom is 0.311 e. The second-order valence-corrected chi connectivity index (χ2v) is 5.49. The Labute approximate surface area is 121 Å². The van der Waals surface area contributed by atoms with Gasteiger partial charge in [-0.15, -0.1) is 0 Å². The summed E-state index contributed by atoms with van der Waals surface area (Å²) in [6.07, 6.45) is 4.44. The minimum Gasteiger partial charge on any atom is -0.481 e. The molecular weight excluding hydrogens is 313 g/mol. The SMILES string of the molecule is CCCCCCC(C(=O)O)c1cc(F)cc(Br)c1N. The van der Waals surface area contributed by atoms with Crippen LogP contribution >= 0.6 is 15.9 Å². The van der Waals surface area contributed by atoms with Crippen molar-refractivity contribution < 1.29 is 14.3 Å². The predicted molar refractivity (Wildman–Crippen MR) is 77.6 cm³/mol. The molecule has 0 amide bonds. The fourth-order valence-corrected chi connectivity index (χ4v) is 2.53. The monoisotopic (exact) mass is 331 g/mol. The van der Waals surface area contributed by atoms with E-state index in [1.807, 2.05) is 0 Å². The van der Waals surface area contributed by atoms with Crippen LogP contribution in [0.3, 0.4) is 0 Å². The van der Waals surface area contributed by atoms with Gasteiger partial charge in [-0.1, -0.05) is 32.6 Å². The number of nitrogen functional groups attached to an aromatic ring is 1. The summed E-state index contributed by atoms with van der Waals surface area (Å²) in [5.41, 5.74) is 6.51. The van der Waals surface area contributed by atoms with Gasteiger partial charge in [0.2, 0.25) is 0 Å². The Kier molecular flexibility index (Phi) is 6.28. The number of aliphatic carboxylic acids is 1. The molecule has 0 aliphatic carbocycles. The van der Waals surface area contributed by atoms with E-state index in [-0.39, 0.29) is 0 Å². The first-order chi connectivity index (χ1) is 8.97. The highest BCUT2D eigenvalue weighted by Gasteiger charge is 2.23. The van der Waals surface area contributed by atoms with Crippen LogP contribution in [0.15, 0.2) is 16.6 Å². The fourth-order valence-electron chi connectivity index (χ4n) is 2.08. The Morgan fingerprint density at radius 2 is 2.11 bits per heavy atom. The summed E-state index contributed by atoms with van der Waals surface area (Å²) in [5, 5.41) is 9.30. The van der Waals surface area contributed by atoms with Gasteiger partial charge in [-0.25, -0.2) is 4.39 Å². The Hall–Kier alpha value is -1.10. The number of nitrogens with two attached hydrogens (primary N) is 1. The number of anilines is 1. The van der Waals surface area contributed by atoms with Crippen molar-refractivity contribution in [1.29, 1.82) is 0 Å². The lowest BCUT2D eigenvalue weighted by Gasteiger charge is -2.16. The minimum atomic E-state index is -0.958. The molecule has 0 aromatic heterocycles. The maximum absolute atomic E-state index is 13.4. The zero-order valence-electron chi connectivity index (χ0n) is 11.0. The summed E-state index contributed by atoms with van der Waals surface area (Å²) in [6.45, 7) is 2.09. The number of unbranched alkanes of at least 4 members (excludes halogenated alkanes) is 3. The van der Waals surface area contributed by atoms with Crippen molar-refractivity contribution in [2.24, 2.45) is 0 Å². The van der Waals surface area contributed by atoms with E-state index in [1.54, 1.807) is 0 Å². The zero-order chi connectivity index (χ0) is 14.4. The third-order valence-corrected chi connectivity index (χ3v) is 3.80. The van der Waals surface area contributed by atoms with Gasteiger partial charge < -0.3 is 10.8 Å². The molecule has 0 bridgehead atoms. The number of benzene rings is 1. The highest BCUT2D eigenvalue weighted by molar-refractivity contribution is 9.10. The quantitative estimate of drug-likeness (QED) is 0.578. The lowest BCUT2D eigenvalue weighted by Crippen LogP contribution is -2.14. The van der Waals surface area contributed by atoms with Crippen LogP contribution in [0.5, 0.6) is 0 Å². The predicted octanol–water partition coefficient (Wildman–Crippen LogP) is 4.31. The molecule has 106 valence electrons. The summed E-state index contributed by atoms with van der Waals surface area (Å²) in [6, 6.07) is 2.47. The number of carbonyl (C=O) groups is 1. The van der Waals surface area contributed by atoms with Gasteiger partial charge in [0.1, 0.15) is 5.82 Å². The van der Waals surface area contributed by atoms with E-state index in [1.165, 1.54) is 12.1 Å². The first-order valence-corrected chi connectivity index (χ1v) is 7.23. The molecule has 0 fully saturated rings. The van der Waals surface area contributed by atoms with E-state index < -0.39 is 17.7 Å². The molecule has 1 atom stereocenters. The van der Waals surface area contributed by atoms with Gasteiger partial charge in [0.05, 0.1) is 11.6 Å². The number of halogens is 2. The summed E-state index contributed by atoms with van der Waals surface area (Å²) in [5.74, 6) is -2.18. The number of rotatable bonds is 7. The molecule has 1 aromatic rings. The molecule has 1 unspecified atom stereocenters. The second-order valence-electron chi connectivity index (χ2n) is 4.63. The third kappa shape index (κ3) is 4.49. The lowest BCUT2D eigenvalue weighted by atomic mass is 9.92. The Morgan fingerprint density at radius 3 is 2.68 bits per heavy atom. The summed E-state index contributed by atoms with van der Waals surface area (Å²) in [7, 11) is 0. The first kappa shape index (κ1) is 16.0. The molecule has 0 aliphatic rings. The molecule has 0 spiro atoms. The number of hydrogen-bond donors (Lipinski definition) is 2. The number of carboxylic acid groups (broad SMARTS) is 1. The van der Waals surface area contributed by atoms with Gasteiger partial charge in [-0.05, 0) is 40.0 Å². The van der Waals surface area contributed by atoms with Crippen LogP contribution in [0.1, 0.15) is 50.5 Å². The number of carboxylic acids is 1. The van der Waals surface area contributed by atoms with Crippen molar-refractivity contribution in [2.45, 2.75) is 44.9 Å². The largest absolute Gasteiger partial charge is 0.481 e. The summed E-state index contributed by atoms with van der Waals surface area (Å²) in [4.78, 5) is 11.3. The maximum atomic E-state index is 13.4. The number of hydrogen-bond acceptors (Lipinski definition) is 2. The van der Waals surface area contributed by atoms with Crippen LogP contribution in [-0.4, -0.2) is 11.1 Å². The highest BCUT2D eigenvalue weighted by Crippen LogP contribution is 2.33. The first-order valence-electron chi connectivity index (χ1n) is 6.44. The molecule has 0 aliphatic heterocycles. The average molecular weight is 332 g/mol. The highest BCUT2D eigenvalue weighted by atomic mass is 79.9. The van der Waals surface area contributed by atoms with E-state index in [0.29, 0.717) is 22.1 Å². The van der Waals surface area contributed by atoms with Crippen molar-refractivity contribution in [3.8, 4) is 0 Å². The summed E-state index contributed by atoms with van der Waals surface area (Å²) >= 11 is 3.15. The molecule has 0 heterocycles. The zero-order valence-corrected chi connectivity index (χ0v) is 12.5. The van der Waals surface area contributed by atoms with Crippen LogP contribution in [0.4, 0.5) is 10.1 Å². The molecule has 0 saturated carbocycles. The Morgan fingerprint density at radius 1 is 1.42 bits per heavy atom. The Balaban J connectivity index is 2.90. The van der Waals surface area contributed by atoms with E-state index in [2.05, 4.69) is 22.9 Å². The van der Waals surface area contributed by atoms with Gasteiger partial charge in [-0.2, -0.15) is 0 Å². The molecule has 0 radical (unpaired) electrons. The van der Waals surface area contributed by atoms with E-state index >= 15 is 0 Å². The van der Waals surface area contributed by atoms with Gasteiger partial charge in [0.25, 0.3) is 0 Å². The van der Waals surface area contributed by atoms with Gasteiger partial charge in [-0.3, -0.25) is 4.79 Å². The lowest BCUT2D eigenvalue weighted by molar-refractivity contribution is -0.139. The molecule has 3 nitrogen and oxygen atoms in total. The van der Waals surface area contributed by atoms with Crippen molar-refractivity contribution in [3.63, 3.8) is 0 Å². The smallest absolute Gasteiger partial charge is 0.311 e. The standard InChI is InChI=1S/C14H19BrFNO2/c1-2-3-4-5-6-10(14(18)19)11-7-9(16)8-12(15)13(11)17/h7-8,10H,2-6,17H2,1H3,(H,18,19). The molecule has 0 saturated heterocycles. The molecule has 5 heteroatoms. The van der Waals surface area contributed by atoms with Crippen molar-refractivity contribution in [2.75, 3.05) is 5.73 Å². The minimum absolute atomic E-state index is 0.310.